The molecule has 55 heavy (non-hydrogen) atoms. The predicted octanol–water partition coefficient (Wildman–Crippen LogP) is 6.82. The lowest BCUT2D eigenvalue weighted by atomic mass is 9.95. The van der Waals surface area contributed by atoms with Gasteiger partial charge in [-0.05, 0) is 96.8 Å². The summed E-state index contributed by atoms with van der Waals surface area (Å²) < 4.78 is 48.2. The van der Waals surface area contributed by atoms with E-state index in [2.05, 4.69) is 10.6 Å². The number of hydrogen-bond donors (Lipinski definition) is 2. The Morgan fingerprint density at radius 2 is 1.45 bits per heavy atom. The van der Waals surface area contributed by atoms with E-state index >= 15 is 0 Å². The molecule has 3 aromatic rings. The maximum atomic E-state index is 14.0. The van der Waals surface area contributed by atoms with Crippen molar-refractivity contribution in [3.05, 3.63) is 95.6 Å². The van der Waals surface area contributed by atoms with Crippen molar-refractivity contribution in [1.82, 2.24) is 5.32 Å². The highest BCUT2D eigenvalue weighted by molar-refractivity contribution is 5.96. The molecule has 0 bridgehead atoms. The average molecular weight is 765 g/mol. The normalized spacial score (nSPS) is 20.1. The fourth-order valence-electron chi connectivity index (χ4n) is 5.69. The smallest absolute Gasteiger partial charge is 0.412 e. The molecule has 13 heteroatoms. The van der Waals surface area contributed by atoms with Gasteiger partial charge in [0.1, 0.15) is 47.9 Å². The third-order valence-corrected chi connectivity index (χ3v) is 7.93. The summed E-state index contributed by atoms with van der Waals surface area (Å²) in [6, 6.07) is 22.5. The van der Waals surface area contributed by atoms with Gasteiger partial charge in [-0.1, -0.05) is 48.5 Å². The first kappa shape index (κ1) is 43.2. The Labute approximate surface area is 324 Å². The van der Waals surface area contributed by atoms with Crippen molar-refractivity contribution in [3.63, 3.8) is 0 Å². The Bertz CT molecular complexity index is 1670. The highest BCUT2D eigenvalue weighted by Gasteiger charge is 2.49. The largest absolute Gasteiger partial charge is 0.497 e. The minimum atomic E-state index is -1.05. The minimum Gasteiger partial charge on any atom is -0.497 e. The fraction of sp³-hybridized carbons (Fsp3) is 0.500. The van der Waals surface area contributed by atoms with Gasteiger partial charge in [0, 0.05) is 11.3 Å². The highest BCUT2D eigenvalue weighted by atomic mass is 16.7. The molecule has 0 saturated carbocycles. The first-order valence-electron chi connectivity index (χ1n) is 18.4. The summed E-state index contributed by atoms with van der Waals surface area (Å²) in [5, 5.41) is 5.70. The van der Waals surface area contributed by atoms with Crippen LogP contribution in [0.15, 0.2) is 78.9 Å². The summed E-state index contributed by atoms with van der Waals surface area (Å²) >= 11 is 0. The van der Waals surface area contributed by atoms with E-state index in [1.807, 2.05) is 68.4 Å². The molecule has 13 nitrogen and oxygen atoms in total. The summed E-state index contributed by atoms with van der Waals surface area (Å²) in [5.74, 6) is -0.382. The summed E-state index contributed by atoms with van der Waals surface area (Å²) in [5.41, 5.74) is 0.924. The second kappa shape index (κ2) is 19.9. The van der Waals surface area contributed by atoms with Crippen LogP contribution in [0.25, 0.3) is 0 Å². The van der Waals surface area contributed by atoms with Crippen molar-refractivity contribution in [2.45, 2.75) is 117 Å². The standard InChI is InChI=1S/C42H56N2O11/c1-27(2)52-39-35(44-38(46)30-16-13-17-31(22-30)43-40(47)55-42(6,7)8)37(51-26-34(45)54-41(3,4)5)36(50-24-28-14-11-10-12-15-28)33(53-39)25-49-23-29-18-20-32(48-9)21-19-29/h10-22,27,33,35-37,39H,23-26H2,1-9H3,(H,43,47)(H,44,46)/t33?,35?,36-,37-,39-/m1/s1. The number of esters is 1. The van der Waals surface area contributed by atoms with Gasteiger partial charge in [-0.3, -0.25) is 10.1 Å². The first-order chi connectivity index (χ1) is 26.0. The molecule has 1 aliphatic rings. The Balaban J connectivity index is 1.66. The van der Waals surface area contributed by atoms with E-state index < -0.39 is 66.4 Å². The van der Waals surface area contributed by atoms with E-state index in [4.69, 9.17) is 37.9 Å². The molecule has 5 atom stereocenters. The maximum absolute atomic E-state index is 14.0. The molecule has 0 spiro atoms. The second-order valence-corrected chi connectivity index (χ2v) is 15.4. The number of rotatable bonds is 16. The number of ether oxygens (including phenoxy) is 8. The van der Waals surface area contributed by atoms with Crippen LogP contribution in [0.2, 0.25) is 0 Å². The quantitative estimate of drug-likeness (QED) is 0.148. The molecule has 1 fully saturated rings. The number of amides is 2. The average Bonchev–Trinajstić information content (AvgIpc) is 3.10. The molecule has 3 aromatic carbocycles. The van der Waals surface area contributed by atoms with Crippen LogP contribution in [0.1, 0.15) is 76.9 Å². The predicted molar refractivity (Wildman–Crippen MR) is 206 cm³/mol. The van der Waals surface area contributed by atoms with Gasteiger partial charge in [0.25, 0.3) is 5.91 Å². The zero-order valence-corrected chi connectivity index (χ0v) is 33.3. The molecule has 0 radical (unpaired) electrons. The van der Waals surface area contributed by atoms with Crippen LogP contribution in [0.3, 0.4) is 0 Å². The molecule has 300 valence electrons. The second-order valence-electron chi connectivity index (χ2n) is 15.4. The molecule has 1 aliphatic heterocycles. The van der Waals surface area contributed by atoms with Crippen LogP contribution in [-0.2, 0) is 51.2 Å². The number of nitrogens with one attached hydrogen (secondary N) is 2. The van der Waals surface area contributed by atoms with E-state index in [0.29, 0.717) is 5.69 Å². The Morgan fingerprint density at radius 1 is 0.782 bits per heavy atom. The van der Waals surface area contributed by atoms with Gasteiger partial charge in [-0.15, -0.1) is 0 Å². The molecule has 4 rings (SSSR count). The van der Waals surface area contributed by atoms with Crippen molar-refractivity contribution < 1.29 is 52.3 Å². The Morgan fingerprint density at radius 3 is 2.09 bits per heavy atom. The van der Waals surface area contributed by atoms with Gasteiger partial charge in [0.15, 0.2) is 6.29 Å². The first-order valence-corrected chi connectivity index (χ1v) is 18.4. The topological polar surface area (TPSA) is 149 Å². The van der Waals surface area contributed by atoms with Gasteiger partial charge in [-0.2, -0.15) is 0 Å². The van der Waals surface area contributed by atoms with Crippen molar-refractivity contribution in [3.8, 4) is 5.75 Å². The van der Waals surface area contributed by atoms with Crippen LogP contribution in [0.5, 0.6) is 5.75 Å². The number of hydrogen-bond acceptors (Lipinski definition) is 11. The van der Waals surface area contributed by atoms with E-state index in [1.165, 1.54) is 6.07 Å². The number of carbonyl (C=O) groups is 3. The third kappa shape index (κ3) is 14.6. The summed E-state index contributed by atoms with van der Waals surface area (Å²) in [4.78, 5) is 39.6. The summed E-state index contributed by atoms with van der Waals surface area (Å²) in [6.45, 7) is 14.3. The third-order valence-electron chi connectivity index (χ3n) is 7.93. The van der Waals surface area contributed by atoms with Crippen LogP contribution in [0, 0.1) is 0 Å². The number of carbonyl (C=O) groups excluding carboxylic acids is 3. The van der Waals surface area contributed by atoms with E-state index in [-0.39, 0.29) is 31.5 Å². The van der Waals surface area contributed by atoms with Crippen LogP contribution in [0.4, 0.5) is 10.5 Å². The van der Waals surface area contributed by atoms with Crippen molar-refractivity contribution in [1.29, 1.82) is 0 Å². The van der Waals surface area contributed by atoms with Gasteiger partial charge < -0.3 is 43.2 Å². The number of methoxy groups -OCH3 is 1. The molecule has 2 N–H and O–H groups in total. The summed E-state index contributed by atoms with van der Waals surface area (Å²) in [6.07, 6.45) is -4.66. The Hall–Kier alpha value is -4.53. The Kier molecular flexibility index (Phi) is 15.6. The lowest BCUT2D eigenvalue weighted by Gasteiger charge is -2.46. The van der Waals surface area contributed by atoms with Crippen molar-refractivity contribution in [2.75, 3.05) is 25.6 Å². The van der Waals surface area contributed by atoms with E-state index in [9.17, 15) is 14.4 Å². The molecular weight excluding hydrogens is 708 g/mol. The zero-order chi connectivity index (χ0) is 40.2. The lowest BCUT2D eigenvalue weighted by molar-refractivity contribution is -0.295. The molecule has 2 amide bonds. The molecule has 2 unspecified atom stereocenters. The zero-order valence-electron chi connectivity index (χ0n) is 33.3. The maximum Gasteiger partial charge on any atom is 0.412 e. The lowest BCUT2D eigenvalue weighted by Crippen LogP contribution is -2.66. The van der Waals surface area contributed by atoms with Gasteiger partial charge in [0.05, 0.1) is 33.0 Å². The summed E-state index contributed by atoms with van der Waals surface area (Å²) in [7, 11) is 1.61. The van der Waals surface area contributed by atoms with Gasteiger partial charge in [0.2, 0.25) is 0 Å². The fourth-order valence-corrected chi connectivity index (χ4v) is 5.69. The SMILES string of the molecule is COc1ccc(COCC2O[C@@H](OC(C)C)C(NC(=O)c3cccc(NC(=O)OC(C)(C)C)c3)[C@@H](OCC(=O)OC(C)(C)C)[C@@H]2OCc2ccccc2)cc1. The minimum absolute atomic E-state index is 0.0643. The number of benzene rings is 3. The van der Waals surface area contributed by atoms with Crippen molar-refractivity contribution >= 4 is 23.7 Å². The molecule has 0 aromatic heterocycles. The van der Waals surface area contributed by atoms with Gasteiger partial charge >= 0.3 is 12.1 Å². The molecule has 1 heterocycles. The van der Waals surface area contributed by atoms with Gasteiger partial charge in [-0.25, -0.2) is 9.59 Å². The van der Waals surface area contributed by atoms with E-state index in [1.54, 1.807) is 66.9 Å². The van der Waals surface area contributed by atoms with Crippen LogP contribution < -0.4 is 15.4 Å². The monoisotopic (exact) mass is 764 g/mol. The van der Waals surface area contributed by atoms with Crippen LogP contribution in [-0.4, -0.2) is 86.2 Å². The molecular formula is C42H56N2O11. The van der Waals surface area contributed by atoms with Crippen molar-refractivity contribution in [2.24, 2.45) is 0 Å². The van der Waals surface area contributed by atoms with Crippen LogP contribution >= 0.6 is 0 Å². The number of anilines is 1. The highest BCUT2D eigenvalue weighted by Crippen LogP contribution is 2.30. The molecule has 1 saturated heterocycles. The molecule has 0 aliphatic carbocycles. The van der Waals surface area contributed by atoms with E-state index in [0.717, 1.165) is 16.9 Å².